The minimum absolute atomic E-state index is 0.245. The standard InChI is InChI=1S/C9H9N7O/c1-5(15-16-10)14-9(17)6-2-7-8(11-3-6)13-4-12-7/h2-4H,1H3,(H,11,12,13)(H2,10,14,15,17). The van der Waals surface area contributed by atoms with E-state index in [1.807, 2.05) is 0 Å². The van der Waals surface area contributed by atoms with E-state index in [0.717, 1.165) is 0 Å². The number of imidazole rings is 1. The molecule has 2 rings (SSSR count). The fourth-order valence-electron chi connectivity index (χ4n) is 1.29. The Morgan fingerprint density at radius 3 is 3.12 bits per heavy atom. The topological polar surface area (TPSA) is 119 Å². The summed E-state index contributed by atoms with van der Waals surface area (Å²) >= 11 is 0. The zero-order valence-electron chi connectivity index (χ0n) is 8.93. The largest absolute Gasteiger partial charge is 0.343 e. The van der Waals surface area contributed by atoms with Crippen molar-refractivity contribution in [3.63, 3.8) is 0 Å². The van der Waals surface area contributed by atoms with Gasteiger partial charge in [-0.05, 0) is 13.0 Å². The number of fused-ring (bicyclic) bond motifs is 1. The number of pyridine rings is 1. The lowest BCUT2D eigenvalue weighted by atomic mass is 10.2. The summed E-state index contributed by atoms with van der Waals surface area (Å²) in [6, 6.07) is 1.63. The minimum atomic E-state index is -0.362. The van der Waals surface area contributed by atoms with E-state index >= 15 is 0 Å². The summed E-state index contributed by atoms with van der Waals surface area (Å²) in [5, 5.41) is 8.67. The van der Waals surface area contributed by atoms with Gasteiger partial charge >= 0.3 is 0 Å². The molecule has 8 nitrogen and oxygen atoms in total. The van der Waals surface area contributed by atoms with Crippen molar-refractivity contribution in [3.05, 3.63) is 24.2 Å². The van der Waals surface area contributed by atoms with Crippen molar-refractivity contribution in [2.24, 2.45) is 10.3 Å². The number of aromatic amines is 1. The number of aromatic nitrogens is 3. The van der Waals surface area contributed by atoms with Gasteiger partial charge in [0.25, 0.3) is 5.91 Å². The molecule has 0 aromatic carbocycles. The summed E-state index contributed by atoms with van der Waals surface area (Å²) < 4.78 is 0. The van der Waals surface area contributed by atoms with E-state index in [9.17, 15) is 4.79 Å². The number of H-pyrrole nitrogens is 1. The number of nitrogens with one attached hydrogen (secondary N) is 3. The van der Waals surface area contributed by atoms with E-state index in [1.54, 1.807) is 6.07 Å². The molecule has 0 bridgehead atoms. The SMILES string of the molecule is C/C(=N\N=N)NC(=O)c1cnc2nc[nH]c2c1. The average molecular weight is 231 g/mol. The van der Waals surface area contributed by atoms with Crippen LogP contribution >= 0.6 is 0 Å². The molecule has 8 heteroatoms. The molecule has 3 N–H and O–H groups in total. The first-order valence-electron chi connectivity index (χ1n) is 4.72. The number of hydrogen-bond donors (Lipinski definition) is 3. The highest BCUT2D eigenvalue weighted by Crippen LogP contribution is 2.07. The lowest BCUT2D eigenvalue weighted by molar-refractivity contribution is 0.0976. The second-order valence-corrected chi connectivity index (χ2v) is 3.24. The third-order valence-corrected chi connectivity index (χ3v) is 2.03. The summed E-state index contributed by atoms with van der Waals surface area (Å²) in [4.78, 5) is 22.5. The normalized spacial score (nSPS) is 11.5. The molecular weight excluding hydrogens is 222 g/mol. The first-order valence-corrected chi connectivity index (χ1v) is 4.72. The van der Waals surface area contributed by atoms with Crippen LogP contribution in [0.4, 0.5) is 0 Å². The van der Waals surface area contributed by atoms with E-state index in [1.165, 1.54) is 19.4 Å². The number of rotatable bonds is 2. The Morgan fingerprint density at radius 1 is 1.53 bits per heavy atom. The van der Waals surface area contributed by atoms with E-state index in [0.29, 0.717) is 16.7 Å². The number of nitrogens with zero attached hydrogens (tertiary/aromatic N) is 4. The van der Waals surface area contributed by atoms with Gasteiger partial charge < -0.3 is 10.3 Å². The predicted molar refractivity (Wildman–Crippen MR) is 59.6 cm³/mol. The van der Waals surface area contributed by atoms with E-state index in [-0.39, 0.29) is 11.7 Å². The summed E-state index contributed by atoms with van der Waals surface area (Å²) in [5.41, 5.74) is 8.13. The van der Waals surface area contributed by atoms with Crippen LogP contribution in [0.15, 0.2) is 28.9 Å². The highest BCUT2D eigenvalue weighted by Gasteiger charge is 2.08. The van der Waals surface area contributed by atoms with Crippen molar-refractivity contribution in [2.45, 2.75) is 6.92 Å². The molecule has 0 spiro atoms. The molecule has 2 aromatic rings. The quantitative estimate of drug-likeness (QED) is 0.310. The van der Waals surface area contributed by atoms with Crippen molar-refractivity contribution in [1.82, 2.24) is 20.3 Å². The molecule has 2 heterocycles. The highest BCUT2D eigenvalue weighted by molar-refractivity contribution is 6.06. The van der Waals surface area contributed by atoms with Crippen LogP contribution in [0, 0.1) is 5.53 Å². The van der Waals surface area contributed by atoms with Crippen molar-refractivity contribution in [1.29, 1.82) is 5.53 Å². The van der Waals surface area contributed by atoms with Crippen LogP contribution in [0.25, 0.3) is 11.2 Å². The first-order chi connectivity index (χ1) is 8.20. The lowest BCUT2D eigenvalue weighted by Gasteiger charge is -2.02. The summed E-state index contributed by atoms with van der Waals surface area (Å²) in [6.07, 6.45) is 2.93. The van der Waals surface area contributed by atoms with Gasteiger partial charge in [-0.25, -0.2) is 9.97 Å². The molecular formula is C9H9N7O. The van der Waals surface area contributed by atoms with Crippen molar-refractivity contribution < 1.29 is 4.79 Å². The number of hydrogen-bond acceptors (Lipinski definition) is 5. The van der Waals surface area contributed by atoms with Gasteiger partial charge in [0, 0.05) is 6.20 Å². The third kappa shape index (κ3) is 2.30. The van der Waals surface area contributed by atoms with Crippen LogP contribution < -0.4 is 5.32 Å². The maximum Gasteiger partial charge on any atom is 0.258 e. The molecule has 86 valence electrons. The Balaban J connectivity index is 2.24. The van der Waals surface area contributed by atoms with Crippen LogP contribution in [0.2, 0.25) is 0 Å². The second-order valence-electron chi connectivity index (χ2n) is 3.24. The molecule has 0 unspecified atom stereocenters. The number of carbonyl (C=O) groups excluding carboxylic acids is 1. The summed E-state index contributed by atoms with van der Waals surface area (Å²) in [5.74, 6) is -0.117. The number of amidine groups is 1. The Hall–Kier alpha value is -2.64. The molecule has 2 aromatic heterocycles. The molecule has 0 aliphatic rings. The van der Waals surface area contributed by atoms with Crippen LogP contribution in [-0.2, 0) is 0 Å². The maximum absolute atomic E-state index is 11.7. The summed E-state index contributed by atoms with van der Waals surface area (Å²) in [7, 11) is 0. The fourth-order valence-corrected chi connectivity index (χ4v) is 1.29. The van der Waals surface area contributed by atoms with Crippen molar-refractivity contribution in [3.8, 4) is 0 Å². The zero-order chi connectivity index (χ0) is 12.3. The van der Waals surface area contributed by atoms with Gasteiger partial charge in [-0.15, -0.1) is 5.10 Å². The van der Waals surface area contributed by atoms with E-state index in [2.05, 4.69) is 30.6 Å². The van der Waals surface area contributed by atoms with Gasteiger partial charge in [0.05, 0.1) is 17.4 Å². The fraction of sp³-hybridized carbons (Fsp3) is 0.111. The van der Waals surface area contributed by atoms with Gasteiger partial charge in [-0.2, -0.15) is 5.53 Å². The molecule has 0 fully saturated rings. The minimum Gasteiger partial charge on any atom is -0.343 e. The molecule has 0 saturated heterocycles. The lowest BCUT2D eigenvalue weighted by Crippen LogP contribution is -2.28. The van der Waals surface area contributed by atoms with Crippen LogP contribution in [-0.4, -0.2) is 26.7 Å². The Bertz CT molecular complexity index is 600. The Labute approximate surface area is 95.7 Å². The van der Waals surface area contributed by atoms with Gasteiger partial charge in [0.2, 0.25) is 0 Å². The second kappa shape index (κ2) is 4.47. The average Bonchev–Trinajstić information content (AvgIpc) is 2.75. The smallest absolute Gasteiger partial charge is 0.258 e. The van der Waals surface area contributed by atoms with Crippen molar-refractivity contribution in [2.75, 3.05) is 0 Å². The maximum atomic E-state index is 11.7. The van der Waals surface area contributed by atoms with Gasteiger partial charge in [0.1, 0.15) is 5.84 Å². The molecule has 0 atom stereocenters. The van der Waals surface area contributed by atoms with Gasteiger partial charge in [0.15, 0.2) is 5.65 Å². The van der Waals surface area contributed by atoms with Crippen molar-refractivity contribution >= 4 is 22.9 Å². The zero-order valence-corrected chi connectivity index (χ0v) is 8.93. The van der Waals surface area contributed by atoms with E-state index in [4.69, 9.17) is 5.53 Å². The molecule has 0 aliphatic carbocycles. The van der Waals surface area contributed by atoms with Gasteiger partial charge in [-0.3, -0.25) is 4.79 Å². The van der Waals surface area contributed by atoms with Crippen LogP contribution in [0.1, 0.15) is 17.3 Å². The predicted octanol–water partition coefficient (Wildman–Crippen LogP) is 1.05. The molecule has 0 aliphatic heterocycles. The third-order valence-electron chi connectivity index (χ3n) is 2.03. The molecule has 0 radical (unpaired) electrons. The van der Waals surface area contributed by atoms with E-state index < -0.39 is 0 Å². The molecule has 1 amide bonds. The van der Waals surface area contributed by atoms with Crippen LogP contribution in [0.3, 0.4) is 0 Å². The number of amides is 1. The van der Waals surface area contributed by atoms with Crippen LogP contribution in [0.5, 0.6) is 0 Å². The number of carbonyl (C=O) groups is 1. The summed E-state index contributed by atoms with van der Waals surface area (Å²) in [6.45, 7) is 1.54. The Kier molecular flexibility index (Phi) is 2.86. The monoisotopic (exact) mass is 231 g/mol. The molecule has 17 heavy (non-hydrogen) atoms. The Morgan fingerprint density at radius 2 is 2.35 bits per heavy atom. The first kappa shape index (κ1) is 10.9. The highest BCUT2D eigenvalue weighted by atomic mass is 16.1. The molecule has 0 saturated carbocycles. The van der Waals surface area contributed by atoms with Gasteiger partial charge in [-0.1, -0.05) is 5.22 Å².